The van der Waals surface area contributed by atoms with Crippen molar-refractivity contribution in [3.63, 3.8) is 0 Å². The minimum absolute atomic E-state index is 0.0197. The fraction of sp³-hybridized carbons (Fsp3) is 0.304. The molecular formula is C23H19Cl3F3N5O. The Hall–Kier alpha value is -2.62. The van der Waals surface area contributed by atoms with Gasteiger partial charge in [0.05, 0.1) is 22.5 Å². The van der Waals surface area contributed by atoms with Crippen molar-refractivity contribution in [1.82, 2.24) is 20.3 Å². The lowest BCUT2D eigenvalue weighted by molar-refractivity contribution is -0.137. The second-order valence-corrected chi connectivity index (χ2v) is 9.05. The second kappa shape index (κ2) is 10.6. The van der Waals surface area contributed by atoms with Gasteiger partial charge in [-0.05, 0) is 43.2 Å². The first kappa shape index (κ1) is 25.5. The molecule has 1 saturated heterocycles. The van der Waals surface area contributed by atoms with Crippen LogP contribution in [0.5, 0.6) is 0 Å². The van der Waals surface area contributed by atoms with Gasteiger partial charge in [-0.15, -0.1) is 11.6 Å². The molecule has 0 atom stereocenters. The molecule has 35 heavy (non-hydrogen) atoms. The zero-order chi connectivity index (χ0) is 25.2. The Morgan fingerprint density at radius 1 is 1.06 bits per heavy atom. The van der Waals surface area contributed by atoms with Crippen LogP contribution in [-0.2, 0) is 11.0 Å². The zero-order valence-electron chi connectivity index (χ0n) is 18.1. The van der Waals surface area contributed by atoms with Gasteiger partial charge in [-0.1, -0.05) is 23.2 Å². The molecule has 1 fully saturated rings. The van der Waals surface area contributed by atoms with E-state index in [1.54, 1.807) is 24.4 Å². The number of nitrogens with one attached hydrogen (secondary N) is 1. The number of rotatable bonds is 5. The van der Waals surface area contributed by atoms with Crippen LogP contribution in [0.3, 0.4) is 0 Å². The number of hydrogen-bond donors (Lipinski definition) is 1. The number of hydrogen-bond acceptors (Lipinski definition) is 5. The predicted molar refractivity (Wildman–Crippen MR) is 130 cm³/mol. The molecule has 0 unspecified atom stereocenters. The third-order valence-electron chi connectivity index (χ3n) is 5.58. The molecule has 0 saturated carbocycles. The van der Waals surface area contributed by atoms with Gasteiger partial charge in [0.1, 0.15) is 23.1 Å². The van der Waals surface area contributed by atoms with E-state index in [0.29, 0.717) is 53.1 Å². The number of piperidine rings is 1. The summed E-state index contributed by atoms with van der Waals surface area (Å²) in [4.78, 5) is 26.9. The third kappa shape index (κ3) is 5.97. The number of amides is 1. The van der Waals surface area contributed by atoms with Crippen LogP contribution in [0, 0.1) is 0 Å². The topological polar surface area (TPSA) is 71.0 Å². The number of nitrogens with zero attached hydrogens (tertiary/aromatic N) is 4. The highest BCUT2D eigenvalue weighted by atomic mass is 35.5. The van der Waals surface area contributed by atoms with Crippen LogP contribution in [-0.4, -0.2) is 45.9 Å². The van der Waals surface area contributed by atoms with E-state index < -0.39 is 11.7 Å². The van der Waals surface area contributed by atoms with E-state index in [9.17, 15) is 18.0 Å². The lowest BCUT2D eigenvalue weighted by Crippen LogP contribution is -2.45. The highest BCUT2D eigenvalue weighted by Gasteiger charge is 2.31. The van der Waals surface area contributed by atoms with E-state index in [0.717, 1.165) is 12.3 Å². The first-order chi connectivity index (χ1) is 16.7. The van der Waals surface area contributed by atoms with Gasteiger partial charge < -0.3 is 10.2 Å². The van der Waals surface area contributed by atoms with Gasteiger partial charge in [0.25, 0.3) is 0 Å². The average Bonchev–Trinajstić information content (AvgIpc) is 2.84. The molecule has 3 heterocycles. The Kier molecular flexibility index (Phi) is 7.68. The molecule has 0 bridgehead atoms. The molecule has 1 aliphatic heterocycles. The molecule has 1 aliphatic rings. The van der Waals surface area contributed by atoms with Gasteiger partial charge >= 0.3 is 6.18 Å². The summed E-state index contributed by atoms with van der Waals surface area (Å²) in [5, 5.41) is 3.63. The quantitative estimate of drug-likeness (QED) is 0.408. The van der Waals surface area contributed by atoms with E-state index in [-0.39, 0.29) is 29.2 Å². The van der Waals surface area contributed by atoms with Crippen molar-refractivity contribution < 1.29 is 18.0 Å². The highest BCUT2D eigenvalue weighted by molar-refractivity contribution is 6.36. The lowest BCUT2D eigenvalue weighted by Gasteiger charge is -2.33. The van der Waals surface area contributed by atoms with Crippen LogP contribution in [0.1, 0.15) is 18.4 Å². The molecule has 3 aromatic rings. The van der Waals surface area contributed by atoms with E-state index in [1.165, 1.54) is 6.07 Å². The number of halogens is 6. The smallest absolute Gasteiger partial charge is 0.355 e. The fourth-order valence-electron chi connectivity index (χ4n) is 3.81. The van der Waals surface area contributed by atoms with Crippen molar-refractivity contribution in [2.45, 2.75) is 25.1 Å². The normalized spacial score (nSPS) is 14.7. The summed E-state index contributed by atoms with van der Waals surface area (Å²) in [6, 6.07) is 7.11. The van der Waals surface area contributed by atoms with Crippen LogP contribution >= 0.6 is 34.8 Å². The van der Waals surface area contributed by atoms with Gasteiger partial charge in [-0.25, -0.2) is 9.97 Å². The molecule has 1 N–H and O–H groups in total. The zero-order valence-corrected chi connectivity index (χ0v) is 20.4. The minimum atomic E-state index is -4.50. The lowest BCUT2D eigenvalue weighted by atomic mass is 10.0. The first-order valence-corrected chi connectivity index (χ1v) is 11.9. The third-order valence-corrected chi connectivity index (χ3v) is 6.38. The molecule has 1 amide bonds. The van der Waals surface area contributed by atoms with E-state index >= 15 is 0 Å². The maximum absolute atomic E-state index is 13.0. The first-order valence-electron chi connectivity index (χ1n) is 10.6. The van der Waals surface area contributed by atoms with Gasteiger partial charge in [0, 0.05) is 35.9 Å². The number of carbonyl (C=O) groups is 1. The Morgan fingerprint density at radius 3 is 2.40 bits per heavy atom. The monoisotopic (exact) mass is 543 g/mol. The fourth-order valence-corrected chi connectivity index (χ4v) is 4.38. The van der Waals surface area contributed by atoms with Crippen LogP contribution in [0.15, 0.2) is 42.7 Å². The largest absolute Gasteiger partial charge is 0.417 e. The number of pyridine rings is 1. The van der Waals surface area contributed by atoms with Crippen LogP contribution < -0.4 is 10.2 Å². The van der Waals surface area contributed by atoms with Crippen LogP contribution in [0.4, 0.5) is 19.0 Å². The SMILES string of the molecule is O=C(CCl)NC1CCN(c2cnc(-c3ccc(C(F)(F)F)cn3)c(-c3ccc(Cl)cc3Cl)n2)CC1. The number of benzene rings is 1. The molecule has 0 radical (unpaired) electrons. The summed E-state index contributed by atoms with van der Waals surface area (Å²) in [7, 11) is 0. The molecule has 12 heteroatoms. The van der Waals surface area contributed by atoms with E-state index in [2.05, 4.69) is 15.3 Å². The van der Waals surface area contributed by atoms with Gasteiger partial charge in [-0.2, -0.15) is 13.2 Å². The Bertz CT molecular complexity index is 1220. The molecule has 0 spiro atoms. The Labute approximate surface area is 214 Å². The molecular weight excluding hydrogens is 526 g/mol. The number of aromatic nitrogens is 3. The Balaban J connectivity index is 1.68. The summed E-state index contributed by atoms with van der Waals surface area (Å²) < 4.78 is 39.0. The molecule has 2 aromatic heterocycles. The summed E-state index contributed by atoms with van der Waals surface area (Å²) in [5.74, 6) is 0.276. The van der Waals surface area contributed by atoms with Gasteiger partial charge in [0.15, 0.2) is 0 Å². The van der Waals surface area contributed by atoms with Gasteiger partial charge in [-0.3, -0.25) is 9.78 Å². The standard InChI is InChI=1S/C23H19Cl3F3N5O/c24-10-20(35)32-15-5-7-34(8-6-15)19-12-31-22(18-4-1-13(11-30-18)23(27,28)29)21(33-19)16-3-2-14(25)9-17(16)26/h1-4,9,11-12,15H,5-8,10H2,(H,32,35). The summed E-state index contributed by atoms with van der Waals surface area (Å²) >= 11 is 18.1. The molecule has 1 aromatic carbocycles. The van der Waals surface area contributed by atoms with Crippen molar-refractivity contribution in [2.24, 2.45) is 0 Å². The Morgan fingerprint density at radius 2 is 1.80 bits per heavy atom. The number of carbonyl (C=O) groups excluding carboxylic acids is 1. The maximum atomic E-state index is 13.0. The van der Waals surface area contributed by atoms with Crippen molar-refractivity contribution in [2.75, 3.05) is 23.9 Å². The van der Waals surface area contributed by atoms with Crippen LogP contribution in [0.2, 0.25) is 10.0 Å². The van der Waals surface area contributed by atoms with Gasteiger partial charge in [0.2, 0.25) is 5.91 Å². The number of anilines is 1. The minimum Gasteiger partial charge on any atom is -0.355 e. The molecule has 184 valence electrons. The number of alkyl halides is 4. The van der Waals surface area contributed by atoms with Crippen LogP contribution in [0.25, 0.3) is 22.6 Å². The van der Waals surface area contributed by atoms with Crippen molar-refractivity contribution in [3.05, 3.63) is 58.3 Å². The highest BCUT2D eigenvalue weighted by Crippen LogP contribution is 2.36. The summed E-state index contributed by atoms with van der Waals surface area (Å²) in [6.45, 7) is 1.24. The van der Waals surface area contributed by atoms with Crippen molar-refractivity contribution in [3.8, 4) is 22.6 Å². The second-order valence-electron chi connectivity index (χ2n) is 7.94. The maximum Gasteiger partial charge on any atom is 0.417 e. The van der Waals surface area contributed by atoms with Crippen molar-refractivity contribution in [1.29, 1.82) is 0 Å². The molecule has 6 nitrogen and oxygen atoms in total. The summed E-state index contributed by atoms with van der Waals surface area (Å²) in [6.07, 6.45) is -0.788. The average molecular weight is 545 g/mol. The molecule has 0 aliphatic carbocycles. The van der Waals surface area contributed by atoms with E-state index in [4.69, 9.17) is 39.8 Å². The summed E-state index contributed by atoms with van der Waals surface area (Å²) in [5.41, 5.74) is 0.540. The predicted octanol–water partition coefficient (Wildman–Crippen LogP) is 5.86. The van der Waals surface area contributed by atoms with Crippen molar-refractivity contribution >= 4 is 46.5 Å². The van der Waals surface area contributed by atoms with E-state index in [1.807, 2.05) is 4.90 Å². The molecule has 4 rings (SSSR count).